The number of hydrogen-bond acceptors (Lipinski definition) is 3. The molecule has 1 aromatic carbocycles. The highest BCUT2D eigenvalue weighted by Crippen LogP contribution is 2.13. The van der Waals surface area contributed by atoms with Crippen LogP contribution in [0.4, 0.5) is 5.69 Å². The molecule has 0 N–H and O–H groups in total. The molecule has 0 aliphatic carbocycles. The van der Waals surface area contributed by atoms with Crippen molar-refractivity contribution in [2.24, 2.45) is 9.75 Å². The second-order valence-electron chi connectivity index (χ2n) is 1.89. The molecule has 0 aliphatic heterocycles. The van der Waals surface area contributed by atoms with Crippen molar-refractivity contribution in [3.8, 4) is 0 Å². The van der Waals surface area contributed by atoms with Crippen LogP contribution in [-0.2, 0) is 0 Å². The Labute approximate surface area is 68.8 Å². The van der Waals surface area contributed by atoms with Gasteiger partial charge < -0.3 is 0 Å². The van der Waals surface area contributed by atoms with Crippen LogP contribution in [0.1, 0.15) is 10.4 Å². The van der Waals surface area contributed by atoms with E-state index in [0.717, 1.165) is 6.29 Å². The minimum Gasteiger partial charge on any atom is -0.298 e. The summed E-state index contributed by atoms with van der Waals surface area (Å²) in [7, 11) is 0. The van der Waals surface area contributed by atoms with Crippen molar-refractivity contribution in [3.05, 3.63) is 29.8 Å². The summed E-state index contributed by atoms with van der Waals surface area (Å²) in [5.41, 5.74) is 1.14. The van der Waals surface area contributed by atoms with E-state index in [-0.39, 0.29) is 0 Å². The van der Waals surface area contributed by atoms with Gasteiger partial charge in [0.25, 0.3) is 0 Å². The fraction of sp³-hybridized carbons (Fsp3) is 0. The first-order valence-corrected chi connectivity index (χ1v) is 3.28. The van der Waals surface area contributed by atoms with Crippen molar-refractivity contribution >= 4 is 23.8 Å². The second-order valence-corrected chi connectivity index (χ2v) is 2.04. The monoisotopic (exact) mass is 168 g/mol. The molecule has 11 heavy (non-hydrogen) atoms. The topological polar surface area (TPSA) is 41.8 Å². The molecule has 56 valence electrons. The number of carbonyl (C=O) groups is 1. The van der Waals surface area contributed by atoms with Gasteiger partial charge in [-0.05, 0) is 12.1 Å². The summed E-state index contributed by atoms with van der Waals surface area (Å²) in [6.07, 6.45) is 0.743. The van der Waals surface area contributed by atoms with Gasteiger partial charge >= 0.3 is 0 Å². The number of rotatable bonds is 2. The second kappa shape index (κ2) is 3.83. The summed E-state index contributed by atoms with van der Waals surface area (Å²) < 4.78 is 3.06. The number of halogens is 1. The molecule has 4 heteroatoms. The molecule has 0 heterocycles. The molecule has 1 aromatic rings. The van der Waals surface area contributed by atoms with Gasteiger partial charge in [0.15, 0.2) is 0 Å². The zero-order chi connectivity index (χ0) is 8.10. The lowest BCUT2D eigenvalue weighted by Gasteiger charge is -1.90. The summed E-state index contributed by atoms with van der Waals surface area (Å²) in [5, 5.41) is 3.55. The molecule has 0 atom stereocenters. The van der Waals surface area contributed by atoms with E-state index in [1.807, 2.05) is 0 Å². The Bertz CT molecular complexity index is 286. The maximum absolute atomic E-state index is 10.3. The van der Waals surface area contributed by atoms with Crippen LogP contribution in [0.3, 0.4) is 0 Å². The molecule has 1 rings (SSSR count). The Morgan fingerprint density at radius 3 is 2.91 bits per heavy atom. The molecule has 0 bridgehead atoms. The maximum Gasteiger partial charge on any atom is 0.150 e. The number of hydrogen-bond donors (Lipinski definition) is 0. The fourth-order valence-corrected chi connectivity index (χ4v) is 0.791. The van der Waals surface area contributed by atoms with Gasteiger partial charge in [-0.1, -0.05) is 16.8 Å². The van der Waals surface area contributed by atoms with Crippen LogP contribution in [0.5, 0.6) is 0 Å². The number of benzene rings is 1. The highest BCUT2D eigenvalue weighted by molar-refractivity contribution is 6.14. The fourth-order valence-electron chi connectivity index (χ4n) is 0.704. The van der Waals surface area contributed by atoms with E-state index in [9.17, 15) is 4.79 Å². The van der Waals surface area contributed by atoms with Crippen molar-refractivity contribution in [1.82, 2.24) is 0 Å². The van der Waals surface area contributed by atoms with Crippen molar-refractivity contribution in [3.63, 3.8) is 0 Å². The summed E-state index contributed by atoms with van der Waals surface area (Å²) in [4.78, 5) is 10.3. The van der Waals surface area contributed by atoms with Gasteiger partial charge in [0.05, 0.1) is 17.5 Å². The van der Waals surface area contributed by atoms with E-state index >= 15 is 0 Å². The van der Waals surface area contributed by atoms with E-state index in [0.29, 0.717) is 11.3 Å². The van der Waals surface area contributed by atoms with Crippen LogP contribution < -0.4 is 0 Å². The third-order valence-corrected chi connectivity index (χ3v) is 1.24. The average Bonchev–Trinajstić information content (AvgIpc) is 2.06. The number of aldehydes is 1. The standard InChI is InChI=1S/C7H5ClN2O/c8-10-9-7-3-1-2-6(4-7)5-11/h1-5H. The SMILES string of the molecule is O=Cc1cccc(N=NCl)c1. The molecular weight excluding hydrogens is 164 g/mol. The summed E-state index contributed by atoms with van der Waals surface area (Å²) in [5.74, 6) is 0. The lowest BCUT2D eigenvalue weighted by molar-refractivity contribution is 0.112. The predicted octanol–water partition coefficient (Wildman–Crippen LogP) is 2.74. The number of carbonyl (C=O) groups excluding carboxylic acids is 1. The van der Waals surface area contributed by atoms with Crippen molar-refractivity contribution < 1.29 is 4.79 Å². The summed E-state index contributed by atoms with van der Waals surface area (Å²) >= 11 is 5.00. The van der Waals surface area contributed by atoms with E-state index < -0.39 is 0 Å². The van der Waals surface area contributed by atoms with Gasteiger partial charge in [0, 0.05) is 5.56 Å². The van der Waals surface area contributed by atoms with Crippen LogP contribution in [0.2, 0.25) is 0 Å². The normalized spacial score (nSPS) is 10.3. The van der Waals surface area contributed by atoms with Crippen molar-refractivity contribution in [2.75, 3.05) is 0 Å². The highest BCUT2D eigenvalue weighted by atomic mass is 35.5. The van der Waals surface area contributed by atoms with Gasteiger partial charge in [-0.15, -0.1) is 5.11 Å². The Balaban J connectivity index is 3.00. The van der Waals surface area contributed by atoms with Gasteiger partial charge in [-0.2, -0.15) is 0 Å². The zero-order valence-electron chi connectivity index (χ0n) is 5.57. The van der Waals surface area contributed by atoms with E-state index in [2.05, 4.69) is 9.75 Å². The molecule has 3 nitrogen and oxygen atoms in total. The first kappa shape index (κ1) is 7.88. The van der Waals surface area contributed by atoms with E-state index in [1.54, 1.807) is 24.3 Å². The Morgan fingerprint density at radius 2 is 2.27 bits per heavy atom. The van der Waals surface area contributed by atoms with Crippen LogP contribution in [-0.4, -0.2) is 6.29 Å². The molecular formula is C7H5ClN2O. The van der Waals surface area contributed by atoms with Gasteiger partial charge in [-0.3, -0.25) is 4.79 Å². The predicted molar refractivity (Wildman–Crippen MR) is 42.2 cm³/mol. The van der Waals surface area contributed by atoms with Crippen LogP contribution in [0, 0.1) is 0 Å². The highest BCUT2D eigenvalue weighted by Gasteiger charge is 1.90. The average molecular weight is 169 g/mol. The number of nitrogens with zero attached hydrogens (tertiary/aromatic N) is 2. The molecule has 0 spiro atoms. The summed E-state index contributed by atoms with van der Waals surface area (Å²) in [6.45, 7) is 0. The molecule has 0 fully saturated rings. The third-order valence-electron chi connectivity index (χ3n) is 1.16. The Hall–Kier alpha value is -1.22. The van der Waals surface area contributed by atoms with Crippen LogP contribution in [0.15, 0.2) is 34.0 Å². The van der Waals surface area contributed by atoms with Crippen molar-refractivity contribution in [2.45, 2.75) is 0 Å². The van der Waals surface area contributed by atoms with E-state index in [1.165, 1.54) is 0 Å². The molecule has 0 unspecified atom stereocenters. The lowest BCUT2D eigenvalue weighted by Crippen LogP contribution is -1.75. The smallest absolute Gasteiger partial charge is 0.150 e. The Morgan fingerprint density at radius 1 is 1.45 bits per heavy atom. The zero-order valence-corrected chi connectivity index (χ0v) is 6.32. The largest absolute Gasteiger partial charge is 0.298 e. The minimum atomic E-state index is 0.562. The van der Waals surface area contributed by atoms with Gasteiger partial charge in [0.1, 0.15) is 6.29 Å². The lowest BCUT2D eigenvalue weighted by atomic mass is 10.2. The molecule has 0 saturated carbocycles. The van der Waals surface area contributed by atoms with Gasteiger partial charge in [-0.25, -0.2) is 0 Å². The quantitative estimate of drug-likeness (QED) is 0.495. The maximum atomic E-state index is 10.3. The van der Waals surface area contributed by atoms with Crippen LogP contribution >= 0.6 is 11.8 Å². The van der Waals surface area contributed by atoms with Crippen LogP contribution in [0.25, 0.3) is 0 Å². The Kier molecular flexibility index (Phi) is 2.74. The van der Waals surface area contributed by atoms with Crippen molar-refractivity contribution in [1.29, 1.82) is 0 Å². The molecule has 0 saturated heterocycles. The minimum absolute atomic E-state index is 0.562. The van der Waals surface area contributed by atoms with Gasteiger partial charge in [0.2, 0.25) is 0 Å². The van der Waals surface area contributed by atoms with E-state index in [4.69, 9.17) is 11.8 Å². The first-order chi connectivity index (χ1) is 5.36. The third kappa shape index (κ3) is 2.13. The first-order valence-electron chi connectivity index (χ1n) is 2.94. The summed E-state index contributed by atoms with van der Waals surface area (Å²) in [6, 6.07) is 6.70. The molecule has 0 radical (unpaired) electrons. The molecule has 0 aromatic heterocycles. The molecule has 0 amide bonds. The molecule has 0 aliphatic rings.